The van der Waals surface area contributed by atoms with Gasteiger partial charge in [0.2, 0.25) is 0 Å². The summed E-state index contributed by atoms with van der Waals surface area (Å²) >= 11 is 9.93. The Kier molecular flexibility index (Phi) is 4.96. The SMILES string of the molecule is O=S(=O)(Nc1c(Br)cc(Br)cc1Br)c1c[nH]c(CO)c1. The topological polar surface area (TPSA) is 82.2 Å². The Morgan fingerprint density at radius 2 is 1.75 bits per heavy atom. The van der Waals surface area contributed by atoms with E-state index in [4.69, 9.17) is 5.11 Å². The smallest absolute Gasteiger partial charge is 0.263 e. The fraction of sp³-hybridized carbons (Fsp3) is 0.0909. The third kappa shape index (κ3) is 3.45. The summed E-state index contributed by atoms with van der Waals surface area (Å²) in [4.78, 5) is 2.74. The molecule has 0 atom stereocenters. The summed E-state index contributed by atoms with van der Waals surface area (Å²) in [5, 5.41) is 8.96. The van der Waals surface area contributed by atoms with E-state index in [0.29, 0.717) is 20.3 Å². The van der Waals surface area contributed by atoms with Crippen molar-refractivity contribution < 1.29 is 13.5 Å². The van der Waals surface area contributed by atoms with Crippen molar-refractivity contribution in [2.75, 3.05) is 4.72 Å². The van der Waals surface area contributed by atoms with E-state index < -0.39 is 10.0 Å². The number of H-pyrrole nitrogens is 1. The molecule has 20 heavy (non-hydrogen) atoms. The maximum absolute atomic E-state index is 12.3. The fourth-order valence-electron chi connectivity index (χ4n) is 1.50. The summed E-state index contributed by atoms with van der Waals surface area (Å²) in [6.07, 6.45) is 1.33. The van der Waals surface area contributed by atoms with Gasteiger partial charge >= 0.3 is 0 Å². The second-order valence-corrected chi connectivity index (χ2v) is 8.18. The Morgan fingerprint density at radius 1 is 1.15 bits per heavy atom. The molecule has 0 amide bonds. The highest BCUT2D eigenvalue weighted by molar-refractivity contribution is 9.11. The third-order valence-corrected chi connectivity index (χ3v) is 5.48. The molecule has 2 aromatic rings. The molecule has 0 bridgehead atoms. The number of aromatic nitrogens is 1. The lowest BCUT2D eigenvalue weighted by atomic mass is 10.3. The van der Waals surface area contributed by atoms with Crippen molar-refractivity contribution in [3.05, 3.63) is 43.5 Å². The number of sulfonamides is 1. The van der Waals surface area contributed by atoms with Gasteiger partial charge in [0.1, 0.15) is 4.90 Å². The molecule has 0 saturated carbocycles. The molecule has 108 valence electrons. The van der Waals surface area contributed by atoms with Crippen molar-refractivity contribution in [1.82, 2.24) is 4.98 Å². The number of hydrogen-bond acceptors (Lipinski definition) is 3. The molecule has 1 aromatic heterocycles. The number of benzene rings is 1. The first-order valence-electron chi connectivity index (χ1n) is 5.29. The van der Waals surface area contributed by atoms with Gasteiger partial charge in [-0.15, -0.1) is 0 Å². The molecule has 5 nitrogen and oxygen atoms in total. The van der Waals surface area contributed by atoms with E-state index in [-0.39, 0.29) is 11.5 Å². The number of halogens is 3. The molecule has 0 fully saturated rings. The van der Waals surface area contributed by atoms with Crippen molar-refractivity contribution >= 4 is 63.5 Å². The molecular weight excluding hydrogens is 480 g/mol. The molecule has 1 aromatic carbocycles. The lowest BCUT2D eigenvalue weighted by Crippen LogP contribution is -2.13. The summed E-state index contributed by atoms with van der Waals surface area (Å²) in [7, 11) is -3.73. The maximum atomic E-state index is 12.3. The van der Waals surface area contributed by atoms with Crippen LogP contribution in [0.5, 0.6) is 0 Å². The van der Waals surface area contributed by atoms with E-state index in [1.807, 2.05) is 0 Å². The average molecular weight is 489 g/mol. The van der Waals surface area contributed by atoms with E-state index in [9.17, 15) is 8.42 Å². The van der Waals surface area contributed by atoms with Crippen LogP contribution in [0.15, 0.2) is 42.7 Å². The monoisotopic (exact) mass is 486 g/mol. The zero-order valence-corrected chi connectivity index (χ0v) is 15.4. The predicted octanol–water partition coefficient (Wildman–Crippen LogP) is 3.60. The van der Waals surface area contributed by atoms with Crippen molar-refractivity contribution in [1.29, 1.82) is 0 Å². The summed E-state index contributed by atoms with van der Waals surface area (Å²) in [6.45, 7) is -0.249. The minimum absolute atomic E-state index is 0.0586. The van der Waals surface area contributed by atoms with Crippen LogP contribution in [0.2, 0.25) is 0 Å². The maximum Gasteiger partial charge on any atom is 0.263 e. The number of rotatable bonds is 4. The van der Waals surface area contributed by atoms with Gasteiger partial charge in [-0.25, -0.2) is 8.42 Å². The quantitative estimate of drug-likeness (QED) is 0.615. The number of anilines is 1. The number of aliphatic hydroxyl groups excluding tert-OH is 1. The lowest BCUT2D eigenvalue weighted by Gasteiger charge is -2.11. The van der Waals surface area contributed by atoms with Gasteiger partial charge in [0, 0.05) is 25.3 Å². The van der Waals surface area contributed by atoms with E-state index in [2.05, 4.69) is 57.5 Å². The molecular formula is C11H9Br3N2O3S. The van der Waals surface area contributed by atoms with Gasteiger partial charge in [0.25, 0.3) is 10.0 Å². The molecule has 0 unspecified atom stereocenters. The second kappa shape index (κ2) is 6.18. The van der Waals surface area contributed by atoms with Crippen LogP contribution >= 0.6 is 47.8 Å². The number of aliphatic hydroxyl groups is 1. The molecule has 2 rings (SSSR count). The highest BCUT2D eigenvalue weighted by Gasteiger charge is 2.19. The Hall–Kier alpha value is -0.350. The minimum atomic E-state index is -3.73. The number of aromatic amines is 1. The molecule has 1 heterocycles. The largest absolute Gasteiger partial charge is 0.390 e. The minimum Gasteiger partial charge on any atom is -0.390 e. The molecule has 0 radical (unpaired) electrons. The van der Waals surface area contributed by atoms with E-state index in [0.717, 1.165) is 4.47 Å². The zero-order valence-electron chi connectivity index (χ0n) is 9.82. The first kappa shape index (κ1) is 16.0. The standard InChI is InChI=1S/C11H9Br3N2O3S/c12-6-1-9(13)11(10(14)2-6)16-20(18,19)8-3-7(5-17)15-4-8/h1-4,15-17H,5H2. The Morgan fingerprint density at radius 3 is 2.25 bits per heavy atom. The highest BCUT2D eigenvalue weighted by atomic mass is 79.9. The Balaban J connectivity index is 2.38. The van der Waals surface area contributed by atoms with Gasteiger partial charge in [0.15, 0.2) is 0 Å². The van der Waals surface area contributed by atoms with Crippen molar-refractivity contribution in [3.63, 3.8) is 0 Å². The first-order valence-corrected chi connectivity index (χ1v) is 9.15. The van der Waals surface area contributed by atoms with Crippen molar-refractivity contribution in [3.8, 4) is 0 Å². The third-order valence-electron chi connectivity index (χ3n) is 2.44. The van der Waals surface area contributed by atoms with Gasteiger partial charge in [-0.1, -0.05) is 15.9 Å². The van der Waals surface area contributed by atoms with Gasteiger partial charge in [-0.2, -0.15) is 0 Å². The van der Waals surface area contributed by atoms with Crippen molar-refractivity contribution in [2.45, 2.75) is 11.5 Å². The van der Waals surface area contributed by atoms with Gasteiger partial charge < -0.3 is 10.1 Å². The molecule has 0 aliphatic carbocycles. The van der Waals surface area contributed by atoms with Crippen LogP contribution in [0.3, 0.4) is 0 Å². The summed E-state index contributed by atoms with van der Waals surface area (Å²) in [6, 6.07) is 4.85. The van der Waals surface area contributed by atoms with Crippen LogP contribution in [0.25, 0.3) is 0 Å². The van der Waals surface area contributed by atoms with Gasteiger partial charge in [-0.3, -0.25) is 4.72 Å². The van der Waals surface area contributed by atoms with Crippen molar-refractivity contribution in [2.24, 2.45) is 0 Å². The molecule has 0 aliphatic heterocycles. The normalized spacial score (nSPS) is 11.6. The van der Waals surface area contributed by atoms with E-state index in [1.165, 1.54) is 12.3 Å². The molecule has 0 spiro atoms. The number of nitrogens with one attached hydrogen (secondary N) is 2. The summed E-state index contributed by atoms with van der Waals surface area (Å²) in [5.41, 5.74) is 0.833. The van der Waals surface area contributed by atoms with Crippen LogP contribution < -0.4 is 4.72 Å². The zero-order chi connectivity index (χ0) is 14.9. The number of hydrogen-bond donors (Lipinski definition) is 3. The molecule has 0 saturated heterocycles. The first-order chi connectivity index (χ1) is 9.33. The Bertz CT molecular complexity index is 720. The van der Waals surface area contributed by atoms with E-state index >= 15 is 0 Å². The second-order valence-electron chi connectivity index (χ2n) is 3.87. The predicted molar refractivity (Wildman–Crippen MR) is 87.1 cm³/mol. The average Bonchev–Trinajstić information content (AvgIpc) is 2.83. The van der Waals surface area contributed by atoms with E-state index in [1.54, 1.807) is 12.1 Å². The molecule has 0 aliphatic rings. The molecule has 9 heteroatoms. The van der Waals surface area contributed by atoms with Crippen LogP contribution in [-0.2, 0) is 16.6 Å². The highest BCUT2D eigenvalue weighted by Crippen LogP contribution is 2.35. The summed E-state index contributed by atoms with van der Waals surface area (Å²) < 4.78 is 29.0. The van der Waals surface area contributed by atoms with Crippen LogP contribution in [0.1, 0.15) is 5.69 Å². The molecule has 3 N–H and O–H groups in total. The van der Waals surface area contributed by atoms with Gasteiger partial charge in [0.05, 0.1) is 12.3 Å². The van der Waals surface area contributed by atoms with Gasteiger partial charge in [-0.05, 0) is 50.1 Å². The summed E-state index contributed by atoms with van der Waals surface area (Å²) in [5.74, 6) is 0. The lowest BCUT2D eigenvalue weighted by molar-refractivity contribution is 0.277. The Labute approximate surface area is 141 Å². The fourth-order valence-corrected chi connectivity index (χ4v) is 5.34. The van der Waals surface area contributed by atoms with Crippen LogP contribution in [-0.4, -0.2) is 18.5 Å². The van der Waals surface area contributed by atoms with Crippen LogP contribution in [0.4, 0.5) is 5.69 Å². The van der Waals surface area contributed by atoms with Crippen LogP contribution in [0, 0.1) is 0 Å².